The van der Waals surface area contributed by atoms with Gasteiger partial charge in [-0.2, -0.15) is 5.10 Å². The molecule has 1 aromatic carbocycles. The van der Waals surface area contributed by atoms with Gasteiger partial charge in [0.1, 0.15) is 0 Å². The van der Waals surface area contributed by atoms with Crippen molar-refractivity contribution in [3.8, 4) is 0 Å². The van der Waals surface area contributed by atoms with Crippen LogP contribution in [0.3, 0.4) is 0 Å². The molecule has 1 heterocycles. The van der Waals surface area contributed by atoms with E-state index in [2.05, 4.69) is 26.3 Å². The molecule has 1 aromatic heterocycles. The summed E-state index contributed by atoms with van der Waals surface area (Å²) >= 11 is 9.24. The molecule has 6 heteroatoms. The lowest BCUT2D eigenvalue weighted by Gasteiger charge is -2.06. The van der Waals surface area contributed by atoms with Gasteiger partial charge in [0, 0.05) is 22.2 Å². The third-order valence-electron chi connectivity index (χ3n) is 2.52. The second-order valence-corrected chi connectivity index (χ2v) is 5.16. The molecule has 94 valence electrons. The van der Waals surface area contributed by atoms with Crippen LogP contribution in [0.25, 0.3) is 0 Å². The quantitative estimate of drug-likeness (QED) is 0.918. The van der Waals surface area contributed by atoms with Crippen LogP contribution in [0.15, 0.2) is 28.7 Å². The van der Waals surface area contributed by atoms with Gasteiger partial charge in [0.25, 0.3) is 5.91 Å². The Morgan fingerprint density at radius 2 is 2.17 bits per heavy atom. The molecule has 0 saturated heterocycles. The Kier molecular flexibility index (Phi) is 3.73. The third kappa shape index (κ3) is 2.73. The van der Waals surface area contributed by atoms with E-state index in [0.29, 0.717) is 16.4 Å². The van der Waals surface area contributed by atoms with Crippen molar-refractivity contribution < 1.29 is 4.79 Å². The molecule has 2 aromatic rings. The molecule has 0 aliphatic carbocycles. The van der Waals surface area contributed by atoms with E-state index in [1.807, 2.05) is 6.92 Å². The number of hydrogen-bond donors (Lipinski definition) is 1. The van der Waals surface area contributed by atoms with E-state index in [-0.39, 0.29) is 5.91 Å². The third-order valence-corrected chi connectivity index (χ3v) is 3.45. The Bertz CT molecular complexity index is 590. The van der Waals surface area contributed by atoms with Crippen molar-refractivity contribution >= 4 is 39.1 Å². The number of aromatic nitrogens is 2. The van der Waals surface area contributed by atoms with Crippen molar-refractivity contribution in [2.75, 3.05) is 5.32 Å². The van der Waals surface area contributed by atoms with Crippen LogP contribution in [-0.4, -0.2) is 15.7 Å². The Labute approximate surface area is 118 Å². The van der Waals surface area contributed by atoms with Crippen LogP contribution in [0.5, 0.6) is 0 Å². The fourth-order valence-electron chi connectivity index (χ4n) is 1.45. The summed E-state index contributed by atoms with van der Waals surface area (Å²) in [6.07, 6.45) is 0. The number of amides is 1. The molecule has 2 rings (SSSR count). The van der Waals surface area contributed by atoms with Crippen molar-refractivity contribution in [2.24, 2.45) is 7.05 Å². The predicted octanol–water partition coefficient (Wildman–Crippen LogP) is 3.40. The summed E-state index contributed by atoms with van der Waals surface area (Å²) in [6.45, 7) is 1.89. The standard InChI is InChI=1S/C12H11BrClN3O/c1-7-5-11(16-17(7)2)12(18)15-10-6-8(14)3-4-9(10)13/h3-6H,1-2H3,(H,15,18). The fraction of sp³-hybridized carbons (Fsp3) is 0.167. The van der Waals surface area contributed by atoms with Gasteiger partial charge in [0.15, 0.2) is 5.69 Å². The monoisotopic (exact) mass is 327 g/mol. The number of nitrogens with zero attached hydrogens (tertiary/aromatic N) is 2. The van der Waals surface area contributed by atoms with Gasteiger partial charge in [0.05, 0.1) is 5.69 Å². The Balaban J connectivity index is 2.23. The highest BCUT2D eigenvalue weighted by atomic mass is 79.9. The lowest BCUT2D eigenvalue weighted by atomic mass is 10.3. The maximum absolute atomic E-state index is 12.0. The first-order valence-electron chi connectivity index (χ1n) is 5.24. The lowest BCUT2D eigenvalue weighted by molar-refractivity contribution is 0.102. The van der Waals surface area contributed by atoms with Crippen LogP contribution in [0.2, 0.25) is 5.02 Å². The maximum Gasteiger partial charge on any atom is 0.276 e. The zero-order chi connectivity index (χ0) is 13.3. The van der Waals surface area contributed by atoms with Gasteiger partial charge < -0.3 is 5.32 Å². The molecule has 0 spiro atoms. The van der Waals surface area contributed by atoms with Crippen molar-refractivity contribution in [3.63, 3.8) is 0 Å². The van der Waals surface area contributed by atoms with E-state index in [4.69, 9.17) is 11.6 Å². The lowest BCUT2D eigenvalue weighted by Crippen LogP contribution is -2.13. The molecule has 0 saturated carbocycles. The van der Waals surface area contributed by atoms with Gasteiger partial charge in [-0.1, -0.05) is 11.6 Å². The summed E-state index contributed by atoms with van der Waals surface area (Å²) < 4.78 is 2.43. The first kappa shape index (κ1) is 13.1. The van der Waals surface area contributed by atoms with Crippen LogP contribution in [0.4, 0.5) is 5.69 Å². The first-order chi connectivity index (χ1) is 8.47. The average Bonchev–Trinajstić information content (AvgIpc) is 2.64. The van der Waals surface area contributed by atoms with Crippen molar-refractivity contribution in [2.45, 2.75) is 6.92 Å². The van der Waals surface area contributed by atoms with Crippen LogP contribution >= 0.6 is 27.5 Å². The number of nitrogens with one attached hydrogen (secondary N) is 1. The Morgan fingerprint density at radius 3 is 2.78 bits per heavy atom. The minimum Gasteiger partial charge on any atom is -0.319 e. The number of carbonyl (C=O) groups excluding carboxylic acids is 1. The second-order valence-electron chi connectivity index (χ2n) is 3.87. The summed E-state index contributed by atoms with van der Waals surface area (Å²) in [4.78, 5) is 12.0. The number of rotatable bonds is 2. The van der Waals surface area contributed by atoms with Gasteiger partial charge >= 0.3 is 0 Å². The minimum absolute atomic E-state index is 0.262. The largest absolute Gasteiger partial charge is 0.319 e. The van der Waals surface area contributed by atoms with E-state index in [9.17, 15) is 4.79 Å². The molecule has 0 radical (unpaired) electrons. The SMILES string of the molecule is Cc1cc(C(=O)Nc2cc(Cl)ccc2Br)nn1C. The van der Waals surface area contributed by atoms with Crippen molar-refractivity contribution in [1.29, 1.82) is 0 Å². The Hall–Kier alpha value is -1.33. The highest BCUT2D eigenvalue weighted by Crippen LogP contribution is 2.26. The van der Waals surface area contributed by atoms with Gasteiger partial charge in [-0.15, -0.1) is 0 Å². The van der Waals surface area contributed by atoms with E-state index in [0.717, 1.165) is 10.2 Å². The van der Waals surface area contributed by atoms with Gasteiger partial charge in [-0.05, 0) is 47.1 Å². The molecular formula is C12H11BrClN3O. The molecule has 0 fully saturated rings. The number of hydrogen-bond acceptors (Lipinski definition) is 2. The highest BCUT2D eigenvalue weighted by molar-refractivity contribution is 9.10. The summed E-state index contributed by atoms with van der Waals surface area (Å²) in [6, 6.07) is 6.93. The predicted molar refractivity (Wildman–Crippen MR) is 75.1 cm³/mol. The zero-order valence-corrected chi connectivity index (χ0v) is 12.2. The molecule has 4 nitrogen and oxygen atoms in total. The summed E-state index contributed by atoms with van der Waals surface area (Å²) in [5.41, 5.74) is 1.92. The van der Waals surface area contributed by atoms with Gasteiger partial charge in [-0.3, -0.25) is 9.48 Å². The second kappa shape index (κ2) is 5.12. The van der Waals surface area contributed by atoms with E-state index in [1.54, 1.807) is 36.0 Å². The number of anilines is 1. The molecular weight excluding hydrogens is 318 g/mol. The number of halogens is 2. The topological polar surface area (TPSA) is 46.9 Å². The molecule has 0 unspecified atom stereocenters. The highest BCUT2D eigenvalue weighted by Gasteiger charge is 2.12. The molecule has 0 aliphatic heterocycles. The average molecular weight is 329 g/mol. The van der Waals surface area contributed by atoms with E-state index < -0.39 is 0 Å². The molecule has 0 aliphatic rings. The summed E-state index contributed by atoms with van der Waals surface area (Å²) in [5.74, 6) is -0.262. The zero-order valence-electron chi connectivity index (χ0n) is 9.87. The minimum atomic E-state index is -0.262. The van der Waals surface area contributed by atoms with E-state index in [1.165, 1.54) is 0 Å². The number of carbonyl (C=O) groups is 1. The maximum atomic E-state index is 12.0. The first-order valence-corrected chi connectivity index (χ1v) is 6.41. The molecule has 1 N–H and O–H groups in total. The molecule has 0 bridgehead atoms. The normalized spacial score (nSPS) is 10.4. The van der Waals surface area contributed by atoms with Gasteiger partial charge in [0.2, 0.25) is 0 Å². The molecule has 18 heavy (non-hydrogen) atoms. The Morgan fingerprint density at radius 1 is 1.44 bits per heavy atom. The van der Waals surface area contributed by atoms with Crippen LogP contribution in [0.1, 0.15) is 16.2 Å². The molecule has 1 amide bonds. The van der Waals surface area contributed by atoms with Crippen LogP contribution in [-0.2, 0) is 7.05 Å². The number of benzene rings is 1. The summed E-state index contributed by atoms with van der Waals surface area (Å²) in [5, 5.41) is 7.44. The van der Waals surface area contributed by atoms with Crippen LogP contribution in [0, 0.1) is 6.92 Å². The van der Waals surface area contributed by atoms with E-state index >= 15 is 0 Å². The van der Waals surface area contributed by atoms with Crippen molar-refractivity contribution in [1.82, 2.24) is 9.78 Å². The fourth-order valence-corrected chi connectivity index (χ4v) is 1.97. The number of aryl methyl sites for hydroxylation is 2. The van der Waals surface area contributed by atoms with Gasteiger partial charge in [-0.25, -0.2) is 0 Å². The smallest absolute Gasteiger partial charge is 0.276 e. The molecule has 0 atom stereocenters. The van der Waals surface area contributed by atoms with Crippen LogP contribution < -0.4 is 5.32 Å². The van der Waals surface area contributed by atoms with Crippen molar-refractivity contribution in [3.05, 3.63) is 45.1 Å². The summed E-state index contributed by atoms with van der Waals surface area (Å²) in [7, 11) is 1.79.